The van der Waals surface area contributed by atoms with Gasteiger partial charge in [-0.1, -0.05) is 58.6 Å². The van der Waals surface area contributed by atoms with E-state index in [0.717, 1.165) is 56.4 Å². The number of phenolic OH excluding ortho intramolecular Hbond substituents is 1. The highest BCUT2D eigenvalue weighted by atomic mass is 35.5. The molecule has 3 atom stereocenters. The van der Waals surface area contributed by atoms with Crippen molar-refractivity contribution in [1.29, 1.82) is 0 Å². The summed E-state index contributed by atoms with van der Waals surface area (Å²) in [4.78, 5) is 39.0. The van der Waals surface area contributed by atoms with E-state index in [9.17, 15) is 23.9 Å². The lowest BCUT2D eigenvalue weighted by molar-refractivity contribution is -0.136. The first-order valence-electron chi connectivity index (χ1n) is 17.7. The van der Waals surface area contributed by atoms with E-state index < -0.39 is 28.7 Å². The SMILES string of the molecule is CO/C(=C/C(=O)OC/C=C/[C@H]1CC1CC1CCn2c(Cl)c(-c3cc(O)c(Cl)cc3F)c(=O)n2C1)COc1cc(-c2c(Cl)n3n(c2=O)CCCC3)c(F)cc1Cl. The van der Waals surface area contributed by atoms with Gasteiger partial charge >= 0.3 is 5.97 Å². The minimum Gasteiger partial charge on any atom is -0.506 e. The summed E-state index contributed by atoms with van der Waals surface area (Å²) in [6.07, 6.45) is 9.24. The molecule has 1 saturated carbocycles. The fourth-order valence-corrected chi connectivity index (χ4v) is 8.45. The lowest BCUT2D eigenvalue weighted by Gasteiger charge is -2.26. The van der Waals surface area contributed by atoms with E-state index in [1.54, 1.807) is 15.4 Å². The number of carbonyl (C=O) groups excluding carboxylic acids is 1. The maximum Gasteiger partial charge on any atom is 0.334 e. The third-order valence-corrected chi connectivity index (χ3v) is 11.7. The highest BCUT2D eigenvalue weighted by Crippen LogP contribution is 2.46. The molecule has 0 radical (unpaired) electrons. The van der Waals surface area contributed by atoms with Crippen molar-refractivity contribution in [2.45, 2.75) is 58.3 Å². The summed E-state index contributed by atoms with van der Waals surface area (Å²) in [5, 5.41) is 10.1. The normalized spacial score (nSPS) is 19.3. The van der Waals surface area contributed by atoms with Gasteiger partial charge in [-0.2, -0.15) is 0 Å². The van der Waals surface area contributed by atoms with Gasteiger partial charge < -0.3 is 19.3 Å². The van der Waals surface area contributed by atoms with E-state index >= 15 is 4.39 Å². The Morgan fingerprint density at radius 1 is 0.891 bits per heavy atom. The third-order valence-electron chi connectivity index (χ3n) is 10.3. The molecular formula is C38H36Cl4F2N4O7. The average molecular weight is 841 g/mol. The number of esters is 1. The van der Waals surface area contributed by atoms with Gasteiger partial charge in [0.25, 0.3) is 11.1 Å². The van der Waals surface area contributed by atoms with Gasteiger partial charge in [-0.15, -0.1) is 0 Å². The molecule has 4 heterocycles. The third kappa shape index (κ3) is 7.94. The van der Waals surface area contributed by atoms with Crippen LogP contribution in [0, 0.1) is 29.4 Å². The topological polar surface area (TPSA) is 119 Å². The van der Waals surface area contributed by atoms with Crippen molar-refractivity contribution in [1.82, 2.24) is 18.7 Å². The van der Waals surface area contributed by atoms with Crippen molar-refractivity contribution >= 4 is 52.4 Å². The number of phenols is 1. The molecule has 0 amide bonds. The van der Waals surface area contributed by atoms with E-state index in [1.807, 2.05) is 6.08 Å². The first-order valence-corrected chi connectivity index (χ1v) is 19.2. The summed E-state index contributed by atoms with van der Waals surface area (Å²) < 4.78 is 52.5. The number of hydrogen-bond acceptors (Lipinski definition) is 7. The fraction of sp³-hybridized carbons (Fsp3) is 0.395. The number of nitrogens with zero attached hydrogens (tertiary/aromatic N) is 4. The molecule has 7 rings (SSSR count). The monoisotopic (exact) mass is 838 g/mol. The van der Waals surface area contributed by atoms with E-state index in [2.05, 4.69) is 0 Å². The molecule has 292 valence electrons. The number of aromatic hydroxyl groups is 1. The number of aromatic nitrogens is 4. The predicted molar refractivity (Wildman–Crippen MR) is 204 cm³/mol. The van der Waals surface area contributed by atoms with Crippen LogP contribution in [0.4, 0.5) is 8.78 Å². The summed E-state index contributed by atoms with van der Waals surface area (Å²) in [5.74, 6) is -1.36. The van der Waals surface area contributed by atoms with Crippen molar-refractivity contribution in [2.24, 2.45) is 17.8 Å². The Bertz CT molecular complexity index is 2350. The number of carbonyl (C=O) groups is 1. The largest absolute Gasteiger partial charge is 0.506 e. The number of fused-ring (bicyclic) bond motifs is 2. The maximum atomic E-state index is 15.1. The van der Waals surface area contributed by atoms with E-state index in [1.165, 1.54) is 22.5 Å². The molecule has 55 heavy (non-hydrogen) atoms. The van der Waals surface area contributed by atoms with Crippen molar-refractivity contribution < 1.29 is 32.9 Å². The Kier molecular flexibility index (Phi) is 11.5. The van der Waals surface area contributed by atoms with Crippen LogP contribution in [0.25, 0.3) is 22.3 Å². The van der Waals surface area contributed by atoms with Crippen LogP contribution in [0.3, 0.4) is 0 Å². The van der Waals surface area contributed by atoms with Crippen LogP contribution in [-0.2, 0) is 40.4 Å². The van der Waals surface area contributed by atoms with Crippen LogP contribution in [0.15, 0.2) is 57.8 Å². The number of allylic oxidation sites excluding steroid dienone is 1. The average Bonchev–Trinajstić information content (AvgIpc) is 3.79. The zero-order valence-corrected chi connectivity index (χ0v) is 32.5. The molecule has 3 aliphatic rings. The molecule has 0 bridgehead atoms. The Hall–Kier alpha value is -4.17. The first-order chi connectivity index (χ1) is 26.4. The van der Waals surface area contributed by atoms with E-state index in [0.29, 0.717) is 38.0 Å². The standard InChI is InChI=1S/C38H36Cl4F2N4O7/c1-53-23(19-55-31-15-25(29(44)17-27(31)40)34-35(41)45-7-2-3-8-47(45)37(34)51)13-32(50)54-10-4-5-21-12-22(21)11-20-6-9-46-36(42)33(38(52)48(46)18-20)24-14-30(49)26(39)16-28(24)43/h4-5,13-17,20-22,49H,2-3,6-12,18-19H2,1H3/b5-4+,23-13+/t20?,21-,22?/m0/s1. The van der Waals surface area contributed by atoms with Crippen LogP contribution < -0.4 is 15.9 Å². The van der Waals surface area contributed by atoms with Gasteiger partial charge in [-0.05, 0) is 74.1 Å². The van der Waals surface area contributed by atoms with E-state index in [4.69, 9.17) is 60.6 Å². The fourth-order valence-electron chi connectivity index (χ4n) is 7.38. The quantitative estimate of drug-likeness (QED) is 0.0664. The minimum absolute atomic E-state index is 0.00399. The molecule has 4 aromatic rings. The molecule has 1 N–H and O–H groups in total. The predicted octanol–water partition coefficient (Wildman–Crippen LogP) is 8.09. The van der Waals surface area contributed by atoms with Gasteiger partial charge in [0.15, 0.2) is 0 Å². The Morgan fingerprint density at radius 2 is 1.53 bits per heavy atom. The second-order valence-corrected chi connectivity index (χ2v) is 15.4. The van der Waals surface area contributed by atoms with Gasteiger partial charge in [0.1, 0.15) is 52.4 Å². The number of halogens is 6. The summed E-state index contributed by atoms with van der Waals surface area (Å²) in [5.41, 5.74) is -0.953. The van der Waals surface area contributed by atoms with Crippen LogP contribution in [0.2, 0.25) is 20.4 Å². The van der Waals surface area contributed by atoms with Crippen molar-refractivity contribution in [3.05, 3.63) is 101 Å². The number of rotatable bonds is 12. The number of ether oxygens (including phenoxy) is 3. The molecule has 2 aliphatic heterocycles. The number of methoxy groups -OCH3 is 1. The molecule has 0 saturated heterocycles. The van der Waals surface area contributed by atoms with Gasteiger partial charge in [0.2, 0.25) is 0 Å². The minimum atomic E-state index is -0.747. The zero-order valence-electron chi connectivity index (χ0n) is 29.5. The second-order valence-electron chi connectivity index (χ2n) is 13.9. The smallest absolute Gasteiger partial charge is 0.334 e. The van der Waals surface area contributed by atoms with Crippen LogP contribution in [0.5, 0.6) is 11.5 Å². The molecule has 1 aliphatic carbocycles. The Morgan fingerprint density at radius 3 is 2.22 bits per heavy atom. The highest BCUT2D eigenvalue weighted by molar-refractivity contribution is 6.34. The van der Waals surface area contributed by atoms with Crippen molar-refractivity contribution in [2.75, 3.05) is 20.3 Å². The second kappa shape index (κ2) is 16.1. The van der Waals surface area contributed by atoms with Crippen molar-refractivity contribution in [3.63, 3.8) is 0 Å². The number of benzene rings is 2. The Balaban J connectivity index is 0.900. The molecule has 2 aromatic carbocycles. The molecule has 2 aromatic heterocycles. The van der Waals surface area contributed by atoms with Gasteiger partial charge in [-0.3, -0.25) is 19.0 Å². The summed E-state index contributed by atoms with van der Waals surface area (Å²) >= 11 is 25.1. The zero-order chi connectivity index (χ0) is 39.1. The van der Waals surface area contributed by atoms with Gasteiger partial charge in [0, 0.05) is 37.3 Å². The Labute approximate surface area is 333 Å². The molecule has 0 spiro atoms. The molecule has 2 unspecified atom stereocenters. The van der Waals surface area contributed by atoms with Crippen LogP contribution >= 0.6 is 46.4 Å². The molecule has 17 heteroatoms. The lowest BCUT2D eigenvalue weighted by atomic mass is 9.96. The van der Waals surface area contributed by atoms with Crippen LogP contribution in [0.1, 0.15) is 32.1 Å². The summed E-state index contributed by atoms with van der Waals surface area (Å²) in [7, 11) is 1.36. The first kappa shape index (κ1) is 39.1. The van der Waals surface area contributed by atoms with Crippen molar-refractivity contribution in [3.8, 4) is 33.8 Å². The molecule has 11 nitrogen and oxygen atoms in total. The molecular weight excluding hydrogens is 804 g/mol. The lowest BCUT2D eigenvalue weighted by Crippen LogP contribution is -2.33. The van der Waals surface area contributed by atoms with Gasteiger partial charge in [-0.25, -0.2) is 22.9 Å². The maximum absolute atomic E-state index is 15.1. The van der Waals surface area contributed by atoms with Gasteiger partial charge in [0.05, 0.1) is 34.4 Å². The molecule has 1 fully saturated rings. The summed E-state index contributed by atoms with van der Waals surface area (Å²) in [6, 6.07) is 4.43. The van der Waals surface area contributed by atoms with E-state index in [-0.39, 0.29) is 79.0 Å². The number of hydrogen-bond donors (Lipinski definition) is 1. The summed E-state index contributed by atoms with van der Waals surface area (Å²) in [6.45, 7) is 1.76. The van der Waals surface area contributed by atoms with Crippen LogP contribution in [-0.4, -0.2) is 50.1 Å². The highest BCUT2D eigenvalue weighted by Gasteiger charge is 2.38.